The molecule has 19 heavy (non-hydrogen) atoms. The van der Waals surface area contributed by atoms with Gasteiger partial charge in [0.2, 0.25) is 0 Å². The van der Waals surface area contributed by atoms with Crippen molar-refractivity contribution in [3.8, 4) is 5.75 Å². The molecule has 1 N–H and O–H groups in total. The molecule has 0 saturated carbocycles. The Labute approximate surface area is 126 Å². The third-order valence-corrected chi connectivity index (χ3v) is 4.81. The summed E-state index contributed by atoms with van der Waals surface area (Å²) in [7, 11) is 1.73. The summed E-state index contributed by atoms with van der Waals surface area (Å²) in [6, 6.07) is 10.7. The molecular formula is C15H18BrNOS. The van der Waals surface area contributed by atoms with Crippen LogP contribution in [0.2, 0.25) is 0 Å². The largest absolute Gasteiger partial charge is 0.496 e. The number of hydrogen-bond acceptors (Lipinski definition) is 3. The number of likely N-dealkylation sites (N-methyl/N-ethyl adjacent to an activating group) is 1. The Hall–Kier alpha value is -0.840. The summed E-state index contributed by atoms with van der Waals surface area (Å²) in [4.78, 5) is 1.35. The van der Waals surface area contributed by atoms with Gasteiger partial charge in [-0.3, -0.25) is 0 Å². The Morgan fingerprint density at radius 2 is 2.16 bits per heavy atom. The van der Waals surface area contributed by atoms with Crippen LogP contribution >= 0.6 is 27.3 Å². The second kappa shape index (κ2) is 7.08. The molecule has 0 radical (unpaired) electrons. The van der Waals surface area contributed by atoms with E-state index in [4.69, 9.17) is 4.74 Å². The molecule has 2 aromatic rings. The molecular weight excluding hydrogens is 322 g/mol. The first-order valence-corrected chi connectivity index (χ1v) is 8.01. The number of hydrogen-bond donors (Lipinski definition) is 1. The highest BCUT2D eigenvalue weighted by atomic mass is 79.9. The van der Waals surface area contributed by atoms with Crippen LogP contribution in [0.4, 0.5) is 0 Å². The molecule has 1 atom stereocenters. The molecule has 1 aromatic heterocycles. The Morgan fingerprint density at radius 1 is 1.37 bits per heavy atom. The minimum absolute atomic E-state index is 0.331. The first kappa shape index (κ1) is 14.6. The fourth-order valence-electron chi connectivity index (χ4n) is 2.12. The molecule has 0 aliphatic heterocycles. The number of nitrogens with one attached hydrogen (secondary N) is 1. The number of thiophene rings is 1. The number of para-hydroxylation sites is 1. The first-order valence-electron chi connectivity index (χ1n) is 6.33. The molecule has 0 amide bonds. The summed E-state index contributed by atoms with van der Waals surface area (Å²) in [5, 5.41) is 5.67. The molecule has 0 saturated heterocycles. The zero-order valence-electron chi connectivity index (χ0n) is 11.2. The van der Waals surface area contributed by atoms with Crippen molar-refractivity contribution < 1.29 is 4.74 Å². The van der Waals surface area contributed by atoms with Gasteiger partial charge in [0.1, 0.15) is 5.75 Å². The van der Waals surface area contributed by atoms with E-state index in [0.29, 0.717) is 6.04 Å². The van der Waals surface area contributed by atoms with Gasteiger partial charge in [0.25, 0.3) is 0 Å². The molecule has 0 bridgehead atoms. The van der Waals surface area contributed by atoms with Crippen LogP contribution in [0.1, 0.15) is 23.4 Å². The van der Waals surface area contributed by atoms with Gasteiger partial charge in [-0.1, -0.05) is 25.1 Å². The Bertz CT molecular complexity index is 526. The van der Waals surface area contributed by atoms with E-state index in [2.05, 4.69) is 51.7 Å². The number of ether oxygens (including phenoxy) is 1. The van der Waals surface area contributed by atoms with E-state index >= 15 is 0 Å². The lowest BCUT2D eigenvalue weighted by atomic mass is 10.0. The minimum Gasteiger partial charge on any atom is -0.496 e. The van der Waals surface area contributed by atoms with E-state index in [9.17, 15) is 0 Å². The Kier molecular flexibility index (Phi) is 5.43. The second-order valence-electron chi connectivity index (χ2n) is 4.29. The maximum absolute atomic E-state index is 5.43. The number of benzene rings is 1. The van der Waals surface area contributed by atoms with Crippen LogP contribution < -0.4 is 10.1 Å². The Morgan fingerprint density at radius 3 is 2.79 bits per heavy atom. The van der Waals surface area contributed by atoms with Crippen molar-refractivity contribution in [3.05, 3.63) is 50.6 Å². The van der Waals surface area contributed by atoms with Gasteiger partial charge in [0.15, 0.2) is 0 Å². The number of rotatable bonds is 6. The van der Waals surface area contributed by atoms with Gasteiger partial charge in [0, 0.05) is 20.8 Å². The van der Waals surface area contributed by atoms with Gasteiger partial charge in [-0.05, 0) is 46.6 Å². The quantitative estimate of drug-likeness (QED) is 0.841. The summed E-state index contributed by atoms with van der Waals surface area (Å²) in [6.45, 7) is 3.09. The van der Waals surface area contributed by atoms with Gasteiger partial charge >= 0.3 is 0 Å². The maximum Gasteiger partial charge on any atom is 0.122 e. The third-order valence-electron chi connectivity index (χ3n) is 3.00. The van der Waals surface area contributed by atoms with Crippen molar-refractivity contribution >= 4 is 27.3 Å². The van der Waals surface area contributed by atoms with Gasteiger partial charge in [-0.25, -0.2) is 0 Å². The highest BCUT2D eigenvalue weighted by Crippen LogP contribution is 2.30. The number of halogens is 1. The Balaban J connectivity index is 2.21. The molecule has 1 unspecified atom stereocenters. The van der Waals surface area contributed by atoms with E-state index in [1.807, 2.05) is 12.1 Å². The summed E-state index contributed by atoms with van der Waals surface area (Å²) in [5.74, 6) is 0.959. The van der Waals surface area contributed by atoms with E-state index in [0.717, 1.165) is 23.2 Å². The molecule has 1 aromatic carbocycles. The van der Waals surface area contributed by atoms with Gasteiger partial charge in [-0.2, -0.15) is 0 Å². The molecule has 102 valence electrons. The molecule has 0 fully saturated rings. The molecule has 1 heterocycles. The molecule has 0 aliphatic carbocycles. The van der Waals surface area contributed by atoms with Crippen molar-refractivity contribution in [2.45, 2.75) is 19.4 Å². The predicted octanol–water partition coefficient (Wildman–Crippen LogP) is 4.41. The second-order valence-corrected chi connectivity index (χ2v) is 6.15. The smallest absolute Gasteiger partial charge is 0.122 e. The normalized spacial score (nSPS) is 12.4. The van der Waals surface area contributed by atoms with Gasteiger partial charge < -0.3 is 10.1 Å². The summed E-state index contributed by atoms with van der Waals surface area (Å²) in [6.07, 6.45) is 0.935. The van der Waals surface area contributed by atoms with Crippen LogP contribution in [0, 0.1) is 0 Å². The zero-order chi connectivity index (χ0) is 13.7. The molecule has 4 heteroatoms. The number of methoxy groups -OCH3 is 1. The minimum atomic E-state index is 0.331. The van der Waals surface area contributed by atoms with Crippen LogP contribution in [-0.2, 0) is 6.42 Å². The van der Waals surface area contributed by atoms with Crippen molar-refractivity contribution in [3.63, 3.8) is 0 Å². The maximum atomic E-state index is 5.43. The van der Waals surface area contributed by atoms with Crippen LogP contribution in [0.15, 0.2) is 40.2 Å². The SMILES string of the molecule is CCNC(Cc1ccccc1OC)c1cc(Br)cs1. The topological polar surface area (TPSA) is 21.3 Å². The van der Waals surface area contributed by atoms with Crippen LogP contribution in [0.5, 0.6) is 5.75 Å². The van der Waals surface area contributed by atoms with Crippen LogP contribution in [0.3, 0.4) is 0 Å². The van der Waals surface area contributed by atoms with E-state index in [1.54, 1.807) is 18.4 Å². The summed E-state index contributed by atoms with van der Waals surface area (Å²) in [5.41, 5.74) is 1.24. The lowest BCUT2D eigenvalue weighted by Gasteiger charge is -2.18. The molecule has 0 spiro atoms. The van der Waals surface area contributed by atoms with Gasteiger partial charge in [0.05, 0.1) is 7.11 Å². The molecule has 2 nitrogen and oxygen atoms in total. The van der Waals surface area contributed by atoms with Crippen molar-refractivity contribution in [1.29, 1.82) is 0 Å². The van der Waals surface area contributed by atoms with E-state index < -0.39 is 0 Å². The van der Waals surface area contributed by atoms with Crippen molar-refractivity contribution in [2.24, 2.45) is 0 Å². The van der Waals surface area contributed by atoms with Gasteiger partial charge in [-0.15, -0.1) is 11.3 Å². The third kappa shape index (κ3) is 3.81. The average molecular weight is 340 g/mol. The lowest BCUT2D eigenvalue weighted by Crippen LogP contribution is -2.22. The van der Waals surface area contributed by atoms with Crippen LogP contribution in [-0.4, -0.2) is 13.7 Å². The summed E-state index contributed by atoms with van der Waals surface area (Å²) >= 11 is 5.30. The average Bonchev–Trinajstić information content (AvgIpc) is 2.85. The van der Waals surface area contributed by atoms with Crippen LogP contribution in [0.25, 0.3) is 0 Å². The van der Waals surface area contributed by atoms with Crippen molar-refractivity contribution in [2.75, 3.05) is 13.7 Å². The highest BCUT2D eigenvalue weighted by Gasteiger charge is 2.15. The summed E-state index contributed by atoms with van der Waals surface area (Å²) < 4.78 is 6.58. The van der Waals surface area contributed by atoms with E-state index in [1.165, 1.54) is 10.4 Å². The zero-order valence-corrected chi connectivity index (χ0v) is 13.6. The fourth-order valence-corrected chi connectivity index (χ4v) is 3.64. The standard InChI is InChI=1S/C15H18BrNOS/c1-3-17-13(15-9-12(16)10-19-15)8-11-6-4-5-7-14(11)18-2/h4-7,9-10,13,17H,3,8H2,1-2H3. The molecule has 2 rings (SSSR count). The first-order chi connectivity index (χ1) is 9.24. The monoisotopic (exact) mass is 339 g/mol. The predicted molar refractivity (Wildman–Crippen MR) is 85.1 cm³/mol. The lowest BCUT2D eigenvalue weighted by molar-refractivity contribution is 0.406. The molecule has 0 aliphatic rings. The fraction of sp³-hybridized carbons (Fsp3) is 0.333. The van der Waals surface area contributed by atoms with Crippen molar-refractivity contribution in [1.82, 2.24) is 5.32 Å². The highest BCUT2D eigenvalue weighted by molar-refractivity contribution is 9.10. The van der Waals surface area contributed by atoms with E-state index in [-0.39, 0.29) is 0 Å².